The van der Waals surface area contributed by atoms with E-state index in [1.165, 1.54) is 0 Å². The van der Waals surface area contributed by atoms with Gasteiger partial charge in [-0.05, 0) is 32.3 Å². The monoisotopic (exact) mass is 428 g/mol. The molecule has 0 saturated heterocycles. The number of aryl methyl sites for hydroxylation is 1. The second-order valence-electron chi connectivity index (χ2n) is 8.14. The van der Waals surface area contributed by atoms with Crippen molar-refractivity contribution in [2.75, 3.05) is 17.7 Å². The summed E-state index contributed by atoms with van der Waals surface area (Å²) in [7, 11) is 0. The van der Waals surface area contributed by atoms with Crippen LogP contribution in [0, 0.1) is 12.8 Å². The molecule has 3 heterocycles. The Balaban J connectivity index is 1.56. The summed E-state index contributed by atoms with van der Waals surface area (Å²) in [6.45, 7) is 1.66. The van der Waals surface area contributed by atoms with Crippen LogP contribution in [-0.4, -0.2) is 60.1 Å². The summed E-state index contributed by atoms with van der Waals surface area (Å²) >= 11 is 1.54. The number of anilines is 2. The van der Waals surface area contributed by atoms with Gasteiger partial charge in [0.05, 0.1) is 33.8 Å². The molecule has 3 aromatic heterocycles. The lowest BCUT2D eigenvalue weighted by atomic mass is 10.1. The fraction of sp³-hybridized carbons (Fsp3) is 0.500. The molecule has 0 aromatic carbocycles. The van der Waals surface area contributed by atoms with E-state index in [9.17, 15) is 15.3 Å². The SMILES string of the molecule is Cc1nc(N)nc(N[C@@H]2C[C@H](CO)[C@@H](O)[C@H]2O)c1-c1nc2c(C3CC3)nccc2s1. The highest BCUT2D eigenvalue weighted by Crippen LogP contribution is 2.44. The van der Waals surface area contributed by atoms with Gasteiger partial charge in [0.25, 0.3) is 0 Å². The van der Waals surface area contributed by atoms with Gasteiger partial charge in [-0.1, -0.05) is 0 Å². The number of hydrogen-bond acceptors (Lipinski definition) is 10. The van der Waals surface area contributed by atoms with Crippen LogP contribution in [0.5, 0.6) is 0 Å². The molecule has 6 N–H and O–H groups in total. The molecule has 0 spiro atoms. The molecular formula is C20H24N6O3S. The summed E-state index contributed by atoms with van der Waals surface area (Å²) in [6.07, 6.45) is 2.51. The van der Waals surface area contributed by atoms with Crippen molar-refractivity contribution in [3.8, 4) is 10.6 Å². The van der Waals surface area contributed by atoms with Gasteiger partial charge in [-0.2, -0.15) is 4.98 Å². The lowest BCUT2D eigenvalue weighted by Gasteiger charge is -2.20. The van der Waals surface area contributed by atoms with Crippen molar-refractivity contribution in [1.29, 1.82) is 0 Å². The molecule has 3 aromatic rings. The number of fused-ring (bicyclic) bond motifs is 1. The molecule has 2 aliphatic rings. The molecular weight excluding hydrogens is 404 g/mol. The quantitative estimate of drug-likeness (QED) is 0.406. The van der Waals surface area contributed by atoms with Crippen LogP contribution in [0.2, 0.25) is 0 Å². The van der Waals surface area contributed by atoms with Gasteiger partial charge in [-0.25, -0.2) is 9.97 Å². The van der Waals surface area contributed by atoms with Gasteiger partial charge in [-0.15, -0.1) is 11.3 Å². The highest BCUT2D eigenvalue weighted by Gasteiger charge is 2.41. The van der Waals surface area contributed by atoms with E-state index in [1.807, 2.05) is 19.2 Å². The highest BCUT2D eigenvalue weighted by molar-refractivity contribution is 7.21. The summed E-state index contributed by atoms with van der Waals surface area (Å²) < 4.78 is 1.06. The predicted octanol–water partition coefficient (Wildman–Crippen LogP) is 1.43. The van der Waals surface area contributed by atoms with Crippen molar-refractivity contribution in [3.63, 3.8) is 0 Å². The minimum atomic E-state index is -1.02. The van der Waals surface area contributed by atoms with Crippen LogP contribution in [0.4, 0.5) is 11.8 Å². The zero-order valence-electron chi connectivity index (χ0n) is 16.5. The van der Waals surface area contributed by atoms with Crippen molar-refractivity contribution in [2.24, 2.45) is 5.92 Å². The second kappa shape index (κ2) is 7.38. The lowest BCUT2D eigenvalue weighted by molar-refractivity contribution is 0.00446. The largest absolute Gasteiger partial charge is 0.396 e. The van der Waals surface area contributed by atoms with Crippen LogP contribution in [0.1, 0.15) is 36.6 Å². The zero-order chi connectivity index (χ0) is 21.0. The topological polar surface area (TPSA) is 150 Å². The molecule has 2 saturated carbocycles. The summed E-state index contributed by atoms with van der Waals surface area (Å²) in [6, 6.07) is 1.49. The molecule has 9 nitrogen and oxygen atoms in total. The van der Waals surface area contributed by atoms with Crippen LogP contribution in [0.3, 0.4) is 0 Å². The number of hydrogen-bond donors (Lipinski definition) is 5. The first-order valence-electron chi connectivity index (χ1n) is 10.1. The van der Waals surface area contributed by atoms with E-state index in [-0.39, 0.29) is 12.6 Å². The molecule has 0 unspecified atom stereocenters. The second-order valence-corrected chi connectivity index (χ2v) is 9.17. The summed E-state index contributed by atoms with van der Waals surface area (Å²) in [5, 5.41) is 34.0. The van der Waals surface area contributed by atoms with E-state index in [0.717, 1.165) is 39.3 Å². The zero-order valence-corrected chi connectivity index (χ0v) is 17.3. The van der Waals surface area contributed by atoms with Crippen molar-refractivity contribution in [2.45, 2.75) is 50.4 Å². The number of nitrogens with two attached hydrogens (primary N) is 1. The van der Waals surface area contributed by atoms with Crippen LogP contribution in [0.15, 0.2) is 12.3 Å². The summed E-state index contributed by atoms with van der Waals surface area (Å²) in [5.74, 6) is 0.674. The molecule has 2 fully saturated rings. The smallest absolute Gasteiger partial charge is 0.222 e. The summed E-state index contributed by atoms with van der Waals surface area (Å²) in [4.78, 5) is 18.1. The molecule has 4 atom stereocenters. The Hall–Kier alpha value is -2.40. The molecule has 2 aliphatic carbocycles. The third-order valence-electron chi connectivity index (χ3n) is 5.98. The van der Waals surface area contributed by atoms with Gasteiger partial charge in [-0.3, -0.25) is 4.98 Å². The van der Waals surface area contributed by atoms with Crippen molar-refractivity contribution < 1.29 is 15.3 Å². The summed E-state index contributed by atoms with van der Waals surface area (Å²) in [5.41, 5.74) is 9.26. The van der Waals surface area contributed by atoms with Crippen LogP contribution in [-0.2, 0) is 0 Å². The van der Waals surface area contributed by atoms with Gasteiger partial charge < -0.3 is 26.4 Å². The van der Waals surface area contributed by atoms with Gasteiger partial charge in [0.2, 0.25) is 5.95 Å². The van der Waals surface area contributed by atoms with Gasteiger partial charge in [0.15, 0.2) is 0 Å². The third kappa shape index (κ3) is 3.29. The van der Waals surface area contributed by atoms with Crippen molar-refractivity contribution >= 4 is 33.3 Å². The first kappa shape index (κ1) is 19.6. The maximum atomic E-state index is 10.4. The van der Waals surface area contributed by atoms with E-state index in [2.05, 4.69) is 20.3 Å². The standard InChI is InChI=1S/C20H24N6O3S/c1-8-13(19-25-15-12(30-19)4-5-22-14(15)9-2-3-9)18(26-20(21)23-8)24-11-6-10(7-27)16(28)17(11)29/h4-5,9-11,16-17,27-29H,2-3,6-7H2,1H3,(H3,21,23,24,26)/t10-,11-,16-,17+/m1/s1. The first-order valence-corrected chi connectivity index (χ1v) is 10.9. The molecule has 0 aliphatic heterocycles. The van der Waals surface area contributed by atoms with Gasteiger partial charge in [0, 0.05) is 24.6 Å². The minimum Gasteiger partial charge on any atom is -0.396 e. The number of aromatic nitrogens is 4. The molecule has 0 amide bonds. The number of thiazole rings is 1. The van der Waals surface area contributed by atoms with Crippen LogP contribution >= 0.6 is 11.3 Å². The molecule has 0 radical (unpaired) electrons. The van der Waals surface area contributed by atoms with E-state index >= 15 is 0 Å². The Morgan fingerprint density at radius 3 is 2.70 bits per heavy atom. The minimum absolute atomic E-state index is 0.118. The average molecular weight is 429 g/mol. The molecule has 30 heavy (non-hydrogen) atoms. The van der Waals surface area contributed by atoms with Gasteiger partial charge in [0.1, 0.15) is 22.4 Å². The van der Waals surface area contributed by atoms with E-state index in [4.69, 9.17) is 10.7 Å². The van der Waals surface area contributed by atoms with E-state index in [0.29, 0.717) is 23.9 Å². The van der Waals surface area contributed by atoms with Crippen LogP contribution in [0.25, 0.3) is 20.8 Å². The lowest BCUT2D eigenvalue weighted by Crippen LogP contribution is -2.35. The third-order valence-corrected chi connectivity index (χ3v) is 7.02. The van der Waals surface area contributed by atoms with Crippen molar-refractivity contribution in [1.82, 2.24) is 19.9 Å². The Morgan fingerprint density at radius 2 is 2.00 bits per heavy atom. The van der Waals surface area contributed by atoms with Crippen LogP contribution < -0.4 is 11.1 Å². The Bertz CT molecular complexity index is 1100. The number of aliphatic hydroxyl groups excluding tert-OH is 3. The maximum absolute atomic E-state index is 10.4. The fourth-order valence-electron chi connectivity index (χ4n) is 4.22. The first-order chi connectivity index (χ1) is 14.5. The van der Waals surface area contributed by atoms with Crippen molar-refractivity contribution in [3.05, 3.63) is 23.7 Å². The van der Waals surface area contributed by atoms with E-state index in [1.54, 1.807) is 11.3 Å². The number of aliphatic hydroxyl groups is 3. The average Bonchev–Trinajstić information content (AvgIpc) is 3.41. The Kier molecular flexibility index (Phi) is 4.81. The molecule has 10 heteroatoms. The normalized spacial score (nSPS) is 26.4. The maximum Gasteiger partial charge on any atom is 0.222 e. The number of nitrogens with one attached hydrogen (secondary N) is 1. The fourth-order valence-corrected chi connectivity index (χ4v) is 5.28. The van der Waals surface area contributed by atoms with Gasteiger partial charge >= 0.3 is 0 Å². The molecule has 5 rings (SSSR count). The Labute approximate surface area is 177 Å². The predicted molar refractivity (Wildman–Crippen MR) is 114 cm³/mol. The number of rotatable bonds is 5. The number of pyridine rings is 1. The molecule has 0 bridgehead atoms. The molecule has 158 valence electrons. The Morgan fingerprint density at radius 1 is 1.20 bits per heavy atom. The van der Waals surface area contributed by atoms with E-state index < -0.39 is 24.2 Å². The highest BCUT2D eigenvalue weighted by atomic mass is 32.1. The number of nitrogens with zero attached hydrogens (tertiary/aromatic N) is 4. The number of nitrogen functional groups attached to an aromatic ring is 1.